The summed E-state index contributed by atoms with van der Waals surface area (Å²) in [5.41, 5.74) is 7.43. The van der Waals surface area contributed by atoms with Crippen LogP contribution in [0.4, 0.5) is 4.79 Å². The summed E-state index contributed by atoms with van der Waals surface area (Å²) in [7, 11) is 0. The summed E-state index contributed by atoms with van der Waals surface area (Å²) in [5, 5.41) is 1.17. The van der Waals surface area contributed by atoms with E-state index in [-0.39, 0.29) is 6.09 Å². The summed E-state index contributed by atoms with van der Waals surface area (Å²) < 4.78 is 7.65. The molecule has 6 heteroatoms. The average molecular weight is 429 g/mol. The number of imidazole rings is 1. The third-order valence-electron chi connectivity index (χ3n) is 5.85. The second-order valence-electron chi connectivity index (χ2n) is 9.44. The van der Waals surface area contributed by atoms with Crippen LogP contribution in [0.5, 0.6) is 0 Å². The van der Waals surface area contributed by atoms with Gasteiger partial charge in [-0.25, -0.2) is 9.78 Å². The van der Waals surface area contributed by atoms with Gasteiger partial charge in [-0.2, -0.15) is 0 Å². The van der Waals surface area contributed by atoms with E-state index in [4.69, 9.17) is 4.74 Å². The Morgan fingerprint density at radius 3 is 2.75 bits per heavy atom. The third kappa shape index (κ3) is 3.77. The molecule has 1 aliphatic rings. The molecule has 164 valence electrons. The molecule has 0 radical (unpaired) electrons. The van der Waals surface area contributed by atoms with Crippen LogP contribution in [0.2, 0.25) is 0 Å². The molecule has 4 aromatic rings. The molecule has 5 rings (SSSR count). The molecular weight excluding hydrogens is 400 g/mol. The molecule has 1 N–H and O–H groups in total. The number of hydrogen-bond donors (Lipinski definition) is 1. The number of carbonyl (C=O) groups is 1. The van der Waals surface area contributed by atoms with Crippen molar-refractivity contribution in [3.8, 4) is 5.69 Å². The molecule has 0 bridgehead atoms. The van der Waals surface area contributed by atoms with Crippen molar-refractivity contribution in [3.63, 3.8) is 0 Å². The molecule has 0 atom stereocenters. The van der Waals surface area contributed by atoms with E-state index in [1.54, 1.807) is 4.90 Å². The van der Waals surface area contributed by atoms with Crippen LogP contribution in [0, 0.1) is 6.92 Å². The van der Waals surface area contributed by atoms with E-state index < -0.39 is 5.60 Å². The predicted octanol–water partition coefficient (Wildman–Crippen LogP) is 5.84. The zero-order valence-electron chi connectivity index (χ0n) is 19.0. The van der Waals surface area contributed by atoms with Crippen molar-refractivity contribution in [3.05, 3.63) is 66.1 Å². The quantitative estimate of drug-likeness (QED) is 0.436. The molecule has 0 unspecified atom stereocenters. The summed E-state index contributed by atoms with van der Waals surface area (Å²) in [6, 6.07) is 12.8. The van der Waals surface area contributed by atoms with Crippen LogP contribution in [0.1, 0.15) is 38.3 Å². The Bertz CT molecular complexity index is 1350. The summed E-state index contributed by atoms with van der Waals surface area (Å²) >= 11 is 0. The maximum Gasteiger partial charge on any atom is 0.410 e. The van der Waals surface area contributed by atoms with Crippen LogP contribution in [-0.2, 0) is 4.74 Å². The number of hydrogen-bond acceptors (Lipinski definition) is 3. The topological polar surface area (TPSA) is 63.2 Å². The van der Waals surface area contributed by atoms with Gasteiger partial charge in [0.1, 0.15) is 11.9 Å². The number of benzene rings is 2. The lowest BCUT2D eigenvalue weighted by Gasteiger charge is -2.29. The molecule has 0 fully saturated rings. The van der Waals surface area contributed by atoms with E-state index in [9.17, 15) is 4.79 Å². The number of amides is 1. The van der Waals surface area contributed by atoms with Crippen molar-refractivity contribution < 1.29 is 9.53 Å². The fraction of sp³-hybridized carbons (Fsp3) is 0.308. The predicted molar refractivity (Wildman–Crippen MR) is 128 cm³/mol. The minimum atomic E-state index is -0.482. The number of fused-ring (bicyclic) bond motifs is 2. The molecular formula is C26H28N4O2. The highest BCUT2D eigenvalue weighted by atomic mass is 16.6. The Morgan fingerprint density at radius 1 is 1.16 bits per heavy atom. The summed E-state index contributed by atoms with van der Waals surface area (Å²) in [5.74, 6) is 0. The first-order valence-corrected chi connectivity index (χ1v) is 11.0. The van der Waals surface area contributed by atoms with E-state index >= 15 is 0 Å². The monoisotopic (exact) mass is 428 g/mol. The van der Waals surface area contributed by atoms with Crippen molar-refractivity contribution in [1.82, 2.24) is 19.4 Å². The maximum absolute atomic E-state index is 12.4. The second kappa shape index (κ2) is 7.55. The maximum atomic E-state index is 12.4. The van der Waals surface area contributed by atoms with Crippen molar-refractivity contribution in [1.29, 1.82) is 0 Å². The lowest BCUT2D eigenvalue weighted by molar-refractivity contribution is 0.0270. The Labute approximate surface area is 187 Å². The van der Waals surface area contributed by atoms with Crippen molar-refractivity contribution in [2.45, 2.75) is 39.7 Å². The van der Waals surface area contributed by atoms with Gasteiger partial charge in [-0.3, -0.25) is 4.57 Å². The Hall–Kier alpha value is -3.54. The minimum absolute atomic E-state index is 0.253. The number of carbonyl (C=O) groups excluding carboxylic acids is 1. The van der Waals surface area contributed by atoms with Crippen LogP contribution in [0.15, 0.2) is 55.0 Å². The van der Waals surface area contributed by atoms with E-state index in [0.29, 0.717) is 13.1 Å². The molecule has 1 amide bonds. The number of aromatic amines is 1. The highest BCUT2D eigenvalue weighted by molar-refractivity contribution is 5.94. The zero-order chi connectivity index (χ0) is 22.5. The second-order valence-corrected chi connectivity index (χ2v) is 9.44. The molecule has 2 aromatic heterocycles. The Balaban J connectivity index is 1.45. The minimum Gasteiger partial charge on any atom is -0.444 e. The largest absolute Gasteiger partial charge is 0.444 e. The number of nitrogens with zero attached hydrogens (tertiary/aromatic N) is 3. The van der Waals surface area contributed by atoms with Crippen LogP contribution < -0.4 is 0 Å². The lowest BCUT2D eigenvalue weighted by atomic mass is 9.99. The Morgan fingerprint density at radius 2 is 2.00 bits per heavy atom. The molecule has 6 nitrogen and oxygen atoms in total. The molecule has 0 saturated heterocycles. The van der Waals surface area contributed by atoms with E-state index in [1.807, 2.05) is 27.1 Å². The van der Waals surface area contributed by atoms with E-state index in [2.05, 4.69) is 70.1 Å². The molecule has 32 heavy (non-hydrogen) atoms. The first-order valence-electron chi connectivity index (χ1n) is 11.0. The van der Waals surface area contributed by atoms with E-state index in [0.717, 1.165) is 28.7 Å². The highest BCUT2D eigenvalue weighted by Gasteiger charge is 2.24. The SMILES string of the molecule is Cc1ccc2c(c1)ncn2-c1ccc2[nH]cc(C3=CCN(C(=O)OC(C)(C)C)CC3)c2c1. The van der Waals surface area contributed by atoms with Crippen molar-refractivity contribution in [2.75, 3.05) is 13.1 Å². The smallest absolute Gasteiger partial charge is 0.410 e. The number of rotatable bonds is 2. The van der Waals surface area contributed by atoms with Gasteiger partial charge in [0, 0.05) is 41.4 Å². The molecule has 1 aliphatic heterocycles. The van der Waals surface area contributed by atoms with Gasteiger partial charge in [0.05, 0.1) is 11.0 Å². The molecule has 2 aromatic carbocycles. The fourth-order valence-corrected chi connectivity index (χ4v) is 4.26. The van der Waals surface area contributed by atoms with Gasteiger partial charge in [0.2, 0.25) is 0 Å². The first-order chi connectivity index (χ1) is 15.3. The average Bonchev–Trinajstić information content (AvgIpc) is 3.36. The van der Waals surface area contributed by atoms with Crippen molar-refractivity contribution in [2.24, 2.45) is 0 Å². The van der Waals surface area contributed by atoms with Gasteiger partial charge in [0.25, 0.3) is 0 Å². The van der Waals surface area contributed by atoms with Crippen LogP contribution in [0.3, 0.4) is 0 Å². The lowest BCUT2D eigenvalue weighted by Crippen LogP contribution is -2.39. The fourth-order valence-electron chi connectivity index (χ4n) is 4.26. The molecule has 0 aliphatic carbocycles. The summed E-state index contributed by atoms with van der Waals surface area (Å²) in [6.45, 7) is 8.97. The third-order valence-corrected chi connectivity index (χ3v) is 5.85. The number of ether oxygens (including phenoxy) is 1. The van der Waals surface area contributed by atoms with Gasteiger partial charge in [0.15, 0.2) is 0 Å². The number of nitrogens with one attached hydrogen (secondary N) is 1. The molecule has 0 saturated carbocycles. The van der Waals surface area contributed by atoms with Gasteiger partial charge >= 0.3 is 6.09 Å². The van der Waals surface area contributed by atoms with E-state index in [1.165, 1.54) is 22.1 Å². The van der Waals surface area contributed by atoms with Gasteiger partial charge < -0.3 is 14.6 Å². The van der Waals surface area contributed by atoms with Gasteiger partial charge in [-0.1, -0.05) is 12.1 Å². The number of aromatic nitrogens is 3. The molecule has 3 heterocycles. The molecule has 0 spiro atoms. The standard InChI is InChI=1S/C26H28N4O2/c1-17-5-8-24-23(13-17)28-16-30(24)19-6-7-22-20(14-19)21(15-27-22)18-9-11-29(12-10-18)25(31)32-26(2,3)4/h5-9,13-16,27H,10-12H2,1-4H3. The van der Waals surface area contributed by atoms with Crippen LogP contribution in [0.25, 0.3) is 33.2 Å². The summed E-state index contributed by atoms with van der Waals surface area (Å²) in [4.78, 5) is 22.1. The van der Waals surface area contributed by atoms with Gasteiger partial charge in [-0.05, 0) is 75.6 Å². The zero-order valence-corrected chi connectivity index (χ0v) is 19.0. The highest BCUT2D eigenvalue weighted by Crippen LogP contribution is 2.31. The number of H-pyrrole nitrogens is 1. The van der Waals surface area contributed by atoms with Crippen molar-refractivity contribution >= 4 is 33.6 Å². The summed E-state index contributed by atoms with van der Waals surface area (Å²) in [6.07, 6.45) is 6.63. The Kier molecular flexibility index (Phi) is 4.81. The van der Waals surface area contributed by atoms with Crippen LogP contribution >= 0.6 is 0 Å². The normalized spacial score (nSPS) is 14.8. The van der Waals surface area contributed by atoms with Crippen LogP contribution in [-0.4, -0.2) is 44.2 Å². The van der Waals surface area contributed by atoms with Gasteiger partial charge in [-0.15, -0.1) is 0 Å². The number of aryl methyl sites for hydroxylation is 1. The first kappa shape index (κ1) is 20.4.